The minimum Gasteiger partial charge on any atom is -0.496 e. The molecule has 2 bridgehead atoms. The smallest absolute Gasteiger partial charge is 0.199 e. The normalized spacial score (nSPS) is 46.6. The Balaban J connectivity index is 1.72. The number of aliphatic hydroxyl groups is 1. The van der Waals surface area contributed by atoms with Crippen LogP contribution in [0.3, 0.4) is 0 Å². The molecule has 2 aliphatic heterocycles. The van der Waals surface area contributed by atoms with E-state index in [0.29, 0.717) is 5.92 Å². The molecular weight excluding hydrogens is 364 g/mol. The highest BCUT2D eigenvalue weighted by atomic mass is 16.7. The number of fused-ring (bicyclic) bond motifs is 1. The molecule has 1 N–H and O–H groups in total. The van der Waals surface area contributed by atoms with Crippen LogP contribution in [-0.2, 0) is 15.1 Å². The van der Waals surface area contributed by atoms with E-state index in [2.05, 4.69) is 65.8 Å². The number of ether oxygens (including phenoxy) is 3. The van der Waals surface area contributed by atoms with Gasteiger partial charge in [-0.1, -0.05) is 39.0 Å². The summed E-state index contributed by atoms with van der Waals surface area (Å²) in [5.41, 5.74) is 2.49. The zero-order chi connectivity index (χ0) is 21.0. The van der Waals surface area contributed by atoms with Crippen molar-refractivity contribution in [2.45, 2.75) is 77.5 Å². The molecule has 0 radical (unpaired) electrons. The summed E-state index contributed by atoms with van der Waals surface area (Å²) in [6.45, 7) is 12.9. The van der Waals surface area contributed by atoms with Crippen molar-refractivity contribution in [2.75, 3.05) is 7.11 Å². The highest BCUT2D eigenvalue weighted by molar-refractivity contribution is 5.67. The van der Waals surface area contributed by atoms with Gasteiger partial charge in [-0.3, -0.25) is 0 Å². The minimum absolute atomic E-state index is 0.00122. The fourth-order valence-electron chi connectivity index (χ4n) is 7.03. The Morgan fingerprint density at radius 1 is 1.10 bits per heavy atom. The molecule has 2 saturated heterocycles. The van der Waals surface area contributed by atoms with Gasteiger partial charge in [-0.15, -0.1) is 0 Å². The van der Waals surface area contributed by atoms with Gasteiger partial charge in [0, 0.05) is 17.3 Å². The van der Waals surface area contributed by atoms with Gasteiger partial charge in [-0.2, -0.15) is 0 Å². The van der Waals surface area contributed by atoms with E-state index in [1.165, 1.54) is 11.1 Å². The van der Waals surface area contributed by atoms with Crippen molar-refractivity contribution in [3.05, 3.63) is 34.9 Å². The fourth-order valence-corrected chi connectivity index (χ4v) is 7.03. The highest BCUT2D eigenvalue weighted by Gasteiger charge is 2.74. The summed E-state index contributed by atoms with van der Waals surface area (Å²) in [6, 6.07) is 4.23. The van der Waals surface area contributed by atoms with Gasteiger partial charge in [0.05, 0.1) is 12.7 Å². The summed E-state index contributed by atoms with van der Waals surface area (Å²) in [7, 11) is 1.72. The Kier molecular flexibility index (Phi) is 3.82. The predicted molar refractivity (Wildman–Crippen MR) is 113 cm³/mol. The Morgan fingerprint density at radius 3 is 2.45 bits per heavy atom. The highest BCUT2D eigenvalue weighted by Crippen LogP contribution is 2.71. The van der Waals surface area contributed by atoms with Crippen LogP contribution in [0.4, 0.5) is 0 Å². The van der Waals surface area contributed by atoms with E-state index in [9.17, 15) is 5.11 Å². The quantitative estimate of drug-likeness (QED) is 0.737. The van der Waals surface area contributed by atoms with E-state index in [4.69, 9.17) is 14.2 Å². The predicted octanol–water partition coefficient (Wildman–Crippen LogP) is 4.81. The minimum atomic E-state index is -0.972. The molecule has 5 rings (SSSR count). The summed E-state index contributed by atoms with van der Waals surface area (Å²) < 4.78 is 19.4. The van der Waals surface area contributed by atoms with Gasteiger partial charge in [-0.25, -0.2) is 0 Å². The molecule has 1 saturated carbocycles. The third-order valence-corrected chi connectivity index (χ3v) is 9.14. The maximum atomic E-state index is 11.4. The molecule has 2 aliphatic carbocycles. The standard InChI is InChI=1S/C25H34O4/c1-14-17-10-12-23(6)18-11-13-24(23,19(17)8-9-20(14)27-7)29-25(15(18)2)21(26)16(3)22(4,5)28-25/h8-10,12,15-16,18,21,26H,11,13H2,1-7H3/t15?,16-,18+,21+,23+,24-,25?/m0/s1. The number of rotatable bonds is 1. The summed E-state index contributed by atoms with van der Waals surface area (Å²) in [5, 5.41) is 11.4. The molecule has 2 heterocycles. The molecule has 2 unspecified atom stereocenters. The fraction of sp³-hybridized carbons (Fsp3) is 0.680. The SMILES string of the molecule is COc1ccc2c(c1C)C=C[C@]1(C)[C@@H]3CC[C@]21OC1(OC(C)(C)[C@@H](C)[C@H]1O)C3C. The molecule has 0 aromatic heterocycles. The lowest BCUT2D eigenvalue weighted by molar-refractivity contribution is -0.382. The van der Waals surface area contributed by atoms with Crippen molar-refractivity contribution >= 4 is 6.08 Å². The second-order valence-electron chi connectivity index (χ2n) is 10.5. The van der Waals surface area contributed by atoms with Gasteiger partial charge in [0.2, 0.25) is 0 Å². The molecule has 1 spiro atoms. The molecular formula is C25H34O4. The molecule has 1 aromatic carbocycles. The van der Waals surface area contributed by atoms with Crippen molar-refractivity contribution in [3.8, 4) is 5.75 Å². The average Bonchev–Trinajstić information content (AvgIpc) is 3.00. The number of hydrogen-bond acceptors (Lipinski definition) is 4. The molecule has 1 aromatic rings. The van der Waals surface area contributed by atoms with Crippen LogP contribution >= 0.6 is 0 Å². The van der Waals surface area contributed by atoms with Crippen LogP contribution in [-0.4, -0.2) is 29.7 Å². The van der Waals surface area contributed by atoms with Gasteiger partial charge in [0.15, 0.2) is 5.79 Å². The largest absolute Gasteiger partial charge is 0.496 e. The van der Waals surface area contributed by atoms with Crippen LogP contribution in [0.15, 0.2) is 18.2 Å². The van der Waals surface area contributed by atoms with E-state index < -0.39 is 23.1 Å². The monoisotopic (exact) mass is 398 g/mol. The van der Waals surface area contributed by atoms with Crippen LogP contribution in [0.1, 0.15) is 64.2 Å². The van der Waals surface area contributed by atoms with E-state index >= 15 is 0 Å². The van der Waals surface area contributed by atoms with Gasteiger partial charge >= 0.3 is 0 Å². The van der Waals surface area contributed by atoms with E-state index in [1.807, 2.05) is 0 Å². The van der Waals surface area contributed by atoms with E-state index in [0.717, 1.165) is 24.2 Å². The van der Waals surface area contributed by atoms with Crippen LogP contribution in [0, 0.1) is 30.1 Å². The molecule has 4 aliphatic rings. The summed E-state index contributed by atoms with van der Waals surface area (Å²) in [6.07, 6.45) is 5.98. The molecule has 4 heteroatoms. The van der Waals surface area contributed by atoms with Gasteiger partial charge in [0.1, 0.15) is 17.5 Å². The molecule has 7 atom stereocenters. The van der Waals surface area contributed by atoms with Crippen molar-refractivity contribution in [1.29, 1.82) is 0 Å². The zero-order valence-electron chi connectivity index (χ0n) is 18.7. The average molecular weight is 399 g/mol. The maximum Gasteiger partial charge on any atom is 0.199 e. The third kappa shape index (κ3) is 2.06. The number of aliphatic hydroxyl groups excluding tert-OH is 1. The van der Waals surface area contributed by atoms with Crippen molar-refractivity contribution in [1.82, 2.24) is 0 Å². The number of benzene rings is 1. The first-order valence-electron chi connectivity index (χ1n) is 11.0. The van der Waals surface area contributed by atoms with Gasteiger partial charge in [-0.05, 0) is 62.3 Å². The Bertz CT molecular complexity index is 904. The first-order valence-corrected chi connectivity index (χ1v) is 11.0. The zero-order valence-corrected chi connectivity index (χ0v) is 18.7. The maximum absolute atomic E-state index is 11.4. The van der Waals surface area contributed by atoms with Crippen LogP contribution in [0.5, 0.6) is 5.75 Å². The first-order chi connectivity index (χ1) is 13.5. The lowest BCUT2D eigenvalue weighted by atomic mass is 9.57. The number of methoxy groups -OCH3 is 1. The Hall–Kier alpha value is -1.36. The van der Waals surface area contributed by atoms with Crippen LogP contribution in [0.25, 0.3) is 6.08 Å². The van der Waals surface area contributed by atoms with Gasteiger partial charge in [0.25, 0.3) is 0 Å². The lowest BCUT2D eigenvalue weighted by Gasteiger charge is -2.59. The topological polar surface area (TPSA) is 47.9 Å². The summed E-state index contributed by atoms with van der Waals surface area (Å²) >= 11 is 0. The van der Waals surface area contributed by atoms with Crippen LogP contribution < -0.4 is 4.74 Å². The van der Waals surface area contributed by atoms with E-state index in [-0.39, 0.29) is 17.3 Å². The molecule has 29 heavy (non-hydrogen) atoms. The summed E-state index contributed by atoms with van der Waals surface area (Å²) in [4.78, 5) is 0. The summed E-state index contributed by atoms with van der Waals surface area (Å²) in [5.74, 6) is 0.418. The van der Waals surface area contributed by atoms with Crippen molar-refractivity contribution in [3.63, 3.8) is 0 Å². The Labute approximate surface area is 174 Å². The van der Waals surface area contributed by atoms with Crippen molar-refractivity contribution < 1.29 is 19.3 Å². The first kappa shape index (κ1) is 19.6. The Morgan fingerprint density at radius 2 is 1.83 bits per heavy atom. The third-order valence-electron chi connectivity index (χ3n) is 9.14. The van der Waals surface area contributed by atoms with Crippen molar-refractivity contribution in [2.24, 2.45) is 23.2 Å². The van der Waals surface area contributed by atoms with Crippen LogP contribution in [0.2, 0.25) is 0 Å². The van der Waals surface area contributed by atoms with E-state index in [1.54, 1.807) is 7.11 Å². The molecule has 3 fully saturated rings. The molecule has 0 amide bonds. The molecule has 4 nitrogen and oxygen atoms in total. The second-order valence-corrected chi connectivity index (χ2v) is 10.5. The van der Waals surface area contributed by atoms with Gasteiger partial charge < -0.3 is 19.3 Å². The number of hydrogen-bond donors (Lipinski definition) is 1. The lowest BCUT2D eigenvalue weighted by Crippen LogP contribution is -2.64. The molecule has 158 valence electrons. The second kappa shape index (κ2) is 5.66.